The fourth-order valence-corrected chi connectivity index (χ4v) is 2.64. The number of aryl methyl sites for hydroxylation is 2. The minimum Gasteiger partial charge on any atom is -0.335 e. The number of imidazole rings is 1. The molecule has 0 saturated carbocycles. The van der Waals surface area contributed by atoms with Crippen LogP contribution in [-0.4, -0.2) is 16.1 Å². The maximum atomic E-state index is 13.3. The summed E-state index contributed by atoms with van der Waals surface area (Å²) in [7, 11) is 0. The molecule has 0 amide bonds. The van der Waals surface area contributed by atoms with Crippen LogP contribution >= 0.6 is 0 Å². The smallest absolute Gasteiger partial charge is 0.123 e. The number of benzene rings is 1. The molecule has 1 heterocycles. The molecule has 21 heavy (non-hydrogen) atoms. The lowest BCUT2D eigenvalue weighted by Crippen LogP contribution is -2.26. The van der Waals surface area contributed by atoms with E-state index in [1.165, 1.54) is 6.07 Å². The summed E-state index contributed by atoms with van der Waals surface area (Å²) in [5.74, 6) is 0.885. The van der Waals surface area contributed by atoms with Gasteiger partial charge in [0.25, 0.3) is 0 Å². The molecule has 1 aromatic heterocycles. The van der Waals surface area contributed by atoms with Gasteiger partial charge in [-0.15, -0.1) is 0 Å². The second kappa shape index (κ2) is 7.36. The van der Waals surface area contributed by atoms with Crippen molar-refractivity contribution in [1.82, 2.24) is 14.9 Å². The summed E-state index contributed by atoms with van der Waals surface area (Å²) >= 11 is 0. The number of hydrogen-bond donors (Lipinski definition) is 1. The Labute approximate surface area is 126 Å². The van der Waals surface area contributed by atoms with Crippen LogP contribution < -0.4 is 5.32 Å². The largest absolute Gasteiger partial charge is 0.335 e. The third-order valence-corrected chi connectivity index (χ3v) is 3.78. The van der Waals surface area contributed by atoms with Crippen molar-refractivity contribution in [1.29, 1.82) is 0 Å². The Morgan fingerprint density at radius 2 is 2.14 bits per heavy atom. The quantitative estimate of drug-likeness (QED) is 0.843. The van der Waals surface area contributed by atoms with E-state index in [-0.39, 0.29) is 11.9 Å². The molecule has 0 spiro atoms. The molecular formula is C17H24FN3. The molecule has 3 nitrogen and oxygen atoms in total. The average Bonchev–Trinajstić information content (AvgIpc) is 2.91. The van der Waals surface area contributed by atoms with Crippen molar-refractivity contribution >= 4 is 0 Å². The van der Waals surface area contributed by atoms with E-state index >= 15 is 0 Å². The van der Waals surface area contributed by atoms with E-state index in [1.807, 2.05) is 25.4 Å². The van der Waals surface area contributed by atoms with Gasteiger partial charge in [0.05, 0.1) is 0 Å². The lowest BCUT2D eigenvalue weighted by Gasteiger charge is -2.21. The summed E-state index contributed by atoms with van der Waals surface area (Å²) in [6.07, 6.45) is 5.73. The fourth-order valence-electron chi connectivity index (χ4n) is 2.64. The van der Waals surface area contributed by atoms with Crippen LogP contribution in [0.5, 0.6) is 0 Å². The number of hydrogen-bond acceptors (Lipinski definition) is 2. The van der Waals surface area contributed by atoms with Crippen LogP contribution in [0.2, 0.25) is 0 Å². The fraction of sp³-hybridized carbons (Fsp3) is 0.471. The second-order valence-electron chi connectivity index (χ2n) is 5.34. The molecule has 2 aromatic rings. The van der Waals surface area contributed by atoms with Crippen LogP contribution in [0.4, 0.5) is 4.39 Å². The molecule has 0 saturated heterocycles. The monoisotopic (exact) mass is 289 g/mol. The van der Waals surface area contributed by atoms with E-state index in [4.69, 9.17) is 0 Å². The minimum absolute atomic E-state index is 0.165. The number of nitrogens with one attached hydrogen (secondary N) is 1. The summed E-state index contributed by atoms with van der Waals surface area (Å²) in [5, 5.41) is 3.56. The topological polar surface area (TPSA) is 29.9 Å². The Balaban J connectivity index is 2.25. The first-order valence-electron chi connectivity index (χ1n) is 7.65. The van der Waals surface area contributed by atoms with Crippen LogP contribution in [0.25, 0.3) is 0 Å². The van der Waals surface area contributed by atoms with Gasteiger partial charge < -0.3 is 9.88 Å². The third-order valence-electron chi connectivity index (χ3n) is 3.78. The normalized spacial score (nSPS) is 12.6. The van der Waals surface area contributed by atoms with Crippen LogP contribution in [-0.2, 0) is 13.0 Å². The molecule has 0 aliphatic carbocycles. The molecule has 1 aromatic carbocycles. The van der Waals surface area contributed by atoms with Crippen molar-refractivity contribution < 1.29 is 4.39 Å². The first-order valence-corrected chi connectivity index (χ1v) is 7.65. The molecular weight excluding hydrogens is 265 g/mol. The molecule has 0 aliphatic heterocycles. The number of halogens is 1. The van der Waals surface area contributed by atoms with E-state index < -0.39 is 0 Å². The van der Waals surface area contributed by atoms with E-state index in [2.05, 4.69) is 28.7 Å². The summed E-state index contributed by atoms with van der Waals surface area (Å²) in [6, 6.07) is 5.19. The Hall–Kier alpha value is -1.68. The molecule has 4 heteroatoms. The van der Waals surface area contributed by atoms with Crippen molar-refractivity contribution in [3.63, 3.8) is 0 Å². The number of nitrogens with zero attached hydrogens (tertiary/aromatic N) is 2. The van der Waals surface area contributed by atoms with E-state index in [9.17, 15) is 4.39 Å². The first-order chi connectivity index (χ1) is 10.2. The molecule has 1 unspecified atom stereocenters. The SMILES string of the molecule is CCCNC(Cc1nccn1CC)c1ccc(F)cc1C. The number of rotatable bonds is 7. The van der Waals surface area contributed by atoms with Gasteiger partial charge in [-0.05, 0) is 50.1 Å². The van der Waals surface area contributed by atoms with E-state index in [0.29, 0.717) is 0 Å². The van der Waals surface area contributed by atoms with Crippen molar-refractivity contribution in [3.8, 4) is 0 Å². The minimum atomic E-state index is -0.180. The zero-order valence-electron chi connectivity index (χ0n) is 13.1. The predicted octanol–water partition coefficient (Wildman–Crippen LogP) is 3.63. The third kappa shape index (κ3) is 3.91. The van der Waals surface area contributed by atoms with Gasteiger partial charge in [0.1, 0.15) is 11.6 Å². The van der Waals surface area contributed by atoms with E-state index in [0.717, 1.165) is 42.9 Å². The van der Waals surface area contributed by atoms with Gasteiger partial charge in [-0.3, -0.25) is 0 Å². The number of aromatic nitrogens is 2. The molecule has 1 atom stereocenters. The van der Waals surface area contributed by atoms with Gasteiger partial charge in [-0.1, -0.05) is 13.0 Å². The second-order valence-corrected chi connectivity index (χ2v) is 5.34. The molecule has 1 N–H and O–H groups in total. The molecule has 2 rings (SSSR count). The predicted molar refractivity (Wildman–Crippen MR) is 83.8 cm³/mol. The lowest BCUT2D eigenvalue weighted by atomic mass is 9.98. The van der Waals surface area contributed by atoms with Gasteiger partial charge in [-0.25, -0.2) is 9.37 Å². The van der Waals surface area contributed by atoms with Gasteiger partial charge in [0, 0.05) is 31.4 Å². The molecule has 114 valence electrons. The van der Waals surface area contributed by atoms with Crippen molar-refractivity contribution in [2.45, 2.75) is 46.2 Å². The highest BCUT2D eigenvalue weighted by molar-refractivity contribution is 5.30. The molecule has 0 aliphatic rings. The Morgan fingerprint density at radius 1 is 1.33 bits per heavy atom. The summed E-state index contributed by atoms with van der Waals surface area (Å²) < 4.78 is 15.5. The average molecular weight is 289 g/mol. The van der Waals surface area contributed by atoms with Crippen molar-refractivity contribution in [2.24, 2.45) is 0 Å². The van der Waals surface area contributed by atoms with Gasteiger partial charge in [0.15, 0.2) is 0 Å². The lowest BCUT2D eigenvalue weighted by molar-refractivity contribution is 0.503. The maximum absolute atomic E-state index is 13.3. The molecule has 0 bridgehead atoms. The highest BCUT2D eigenvalue weighted by Gasteiger charge is 2.16. The Morgan fingerprint density at radius 3 is 2.81 bits per heavy atom. The standard InChI is InChI=1S/C17H24FN3/c1-4-8-19-16(12-17-20-9-10-21(17)5-2)15-7-6-14(18)11-13(15)3/h6-7,9-11,16,19H,4-5,8,12H2,1-3H3. The first kappa shape index (κ1) is 15.7. The highest BCUT2D eigenvalue weighted by Crippen LogP contribution is 2.22. The van der Waals surface area contributed by atoms with E-state index in [1.54, 1.807) is 6.07 Å². The summed E-state index contributed by atoms with van der Waals surface area (Å²) in [6.45, 7) is 8.08. The summed E-state index contributed by atoms with van der Waals surface area (Å²) in [5.41, 5.74) is 2.13. The van der Waals surface area contributed by atoms with Crippen LogP contribution in [0.3, 0.4) is 0 Å². The Kier molecular flexibility index (Phi) is 5.51. The van der Waals surface area contributed by atoms with Crippen LogP contribution in [0.15, 0.2) is 30.6 Å². The highest BCUT2D eigenvalue weighted by atomic mass is 19.1. The zero-order chi connectivity index (χ0) is 15.2. The summed E-state index contributed by atoms with van der Waals surface area (Å²) in [4.78, 5) is 4.46. The maximum Gasteiger partial charge on any atom is 0.123 e. The molecule has 0 fully saturated rings. The van der Waals surface area contributed by atoms with Gasteiger partial charge in [0.2, 0.25) is 0 Å². The van der Waals surface area contributed by atoms with Crippen LogP contribution in [0, 0.1) is 12.7 Å². The Bertz CT molecular complexity index is 577. The van der Waals surface area contributed by atoms with Crippen molar-refractivity contribution in [3.05, 3.63) is 53.4 Å². The molecule has 0 radical (unpaired) electrons. The zero-order valence-corrected chi connectivity index (χ0v) is 13.1. The van der Waals surface area contributed by atoms with Gasteiger partial charge >= 0.3 is 0 Å². The van der Waals surface area contributed by atoms with Crippen LogP contribution in [0.1, 0.15) is 43.3 Å². The van der Waals surface area contributed by atoms with Gasteiger partial charge in [-0.2, -0.15) is 0 Å². The van der Waals surface area contributed by atoms with Crippen molar-refractivity contribution in [2.75, 3.05) is 6.54 Å².